The third-order valence-corrected chi connectivity index (χ3v) is 2.76. The smallest absolute Gasteiger partial charge is 0.418 e. The maximum Gasteiger partial charge on any atom is 0.418 e. The lowest BCUT2D eigenvalue weighted by Crippen LogP contribution is -2.14. The number of carboxylic acids is 1. The van der Waals surface area contributed by atoms with E-state index >= 15 is 0 Å². The number of carboxylic acid groups (broad SMARTS) is 1. The molecule has 1 aromatic heterocycles. The Bertz CT molecular complexity index is 475. The average molecular weight is 381 g/mol. The molecule has 18 heavy (non-hydrogen) atoms. The van der Waals surface area contributed by atoms with Gasteiger partial charge in [-0.25, -0.2) is 13.8 Å². The zero-order chi connectivity index (χ0) is 14.1. The quantitative estimate of drug-likeness (QED) is 0.497. The van der Waals surface area contributed by atoms with Crippen LogP contribution >= 0.6 is 22.6 Å². The fraction of sp³-hybridized carbons (Fsp3) is 0.333. The number of aliphatic carboxylic acids is 1. The van der Waals surface area contributed by atoms with Gasteiger partial charge in [0, 0.05) is 0 Å². The number of hydrogen-bond acceptors (Lipinski definition) is 2. The predicted octanol–water partition coefficient (Wildman–Crippen LogP) is 3.27. The van der Waals surface area contributed by atoms with Crippen molar-refractivity contribution in [1.82, 2.24) is 4.98 Å². The molecule has 0 unspecified atom stereocenters. The molecule has 0 aliphatic rings. The molecule has 0 saturated heterocycles. The summed E-state index contributed by atoms with van der Waals surface area (Å²) in [6.45, 7) is 0. The lowest BCUT2D eigenvalue weighted by Gasteiger charge is -2.13. The topological polar surface area (TPSA) is 50.2 Å². The van der Waals surface area contributed by atoms with E-state index in [1.165, 1.54) is 22.6 Å². The Balaban J connectivity index is 3.40. The van der Waals surface area contributed by atoms with E-state index in [0.717, 1.165) is 0 Å². The van der Waals surface area contributed by atoms with E-state index in [2.05, 4.69) is 4.98 Å². The maximum absolute atomic E-state index is 12.5. The van der Waals surface area contributed by atoms with Crippen molar-refractivity contribution in [2.75, 3.05) is 0 Å². The van der Waals surface area contributed by atoms with Crippen LogP contribution in [-0.4, -0.2) is 16.1 Å². The Morgan fingerprint density at radius 2 is 2.00 bits per heavy atom. The van der Waals surface area contributed by atoms with Gasteiger partial charge in [0.2, 0.25) is 0 Å². The van der Waals surface area contributed by atoms with Crippen molar-refractivity contribution in [2.45, 2.75) is 19.0 Å². The molecule has 1 rings (SSSR count). The average Bonchev–Trinajstić information content (AvgIpc) is 2.17. The second-order valence-electron chi connectivity index (χ2n) is 3.24. The molecule has 0 bridgehead atoms. The number of halogens is 6. The third-order valence-electron chi connectivity index (χ3n) is 1.94. The van der Waals surface area contributed by atoms with Crippen molar-refractivity contribution in [3.05, 3.63) is 26.6 Å². The van der Waals surface area contributed by atoms with Crippen molar-refractivity contribution in [1.29, 1.82) is 0 Å². The Labute approximate surface area is 111 Å². The molecule has 0 spiro atoms. The maximum atomic E-state index is 12.5. The number of pyridine rings is 1. The zero-order valence-electron chi connectivity index (χ0n) is 8.43. The highest BCUT2D eigenvalue weighted by Gasteiger charge is 2.35. The van der Waals surface area contributed by atoms with Crippen LogP contribution in [-0.2, 0) is 17.4 Å². The van der Waals surface area contributed by atoms with Gasteiger partial charge in [0.15, 0.2) is 0 Å². The van der Waals surface area contributed by atoms with Gasteiger partial charge in [-0.3, -0.25) is 4.79 Å². The SMILES string of the molecule is O=C(O)Cc1cc(C(F)(F)F)c(I)nc1C(F)F. The Kier molecular flexibility index (Phi) is 4.46. The van der Waals surface area contributed by atoms with Crippen LogP contribution in [0.15, 0.2) is 6.07 Å². The molecule has 1 heterocycles. The first-order valence-corrected chi connectivity index (χ1v) is 5.47. The summed E-state index contributed by atoms with van der Waals surface area (Å²) in [5, 5.41) is 8.48. The minimum absolute atomic E-state index is 0.407. The number of nitrogens with zero attached hydrogens (tertiary/aromatic N) is 1. The van der Waals surface area contributed by atoms with Gasteiger partial charge in [0.25, 0.3) is 6.43 Å². The van der Waals surface area contributed by atoms with E-state index in [4.69, 9.17) is 5.11 Å². The van der Waals surface area contributed by atoms with Crippen LogP contribution in [0.2, 0.25) is 0 Å². The van der Waals surface area contributed by atoms with Gasteiger partial charge in [-0.15, -0.1) is 0 Å². The number of rotatable bonds is 3. The molecule has 0 aliphatic carbocycles. The molecule has 9 heteroatoms. The van der Waals surface area contributed by atoms with E-state index in [1.807, 2.05) is 0 Å². The second-order valence-corrected chi connectivity index (χ2v) is 4.26. The highest BCUT2D eigenvalue weighted by Crippen LogP contribution is 2.35. The van der Waals surface area contributed by atoms with Gasteiger partial charge in [0.1, 0.15) is 9.39 Å². The highest BCUT2D eigenvalue weighted by molar-refractivity contribution is 14.1. The van der Waals surface area contributed by atoms with Crippen LogP contribution in [0.3, 0.4) is 0 Å². The fourth-order valence-corrected chi connectivity index (χ4v) is 1.96. The summed E-state index contributed by atoms with van der Waals surface area (Å²) in [5.74, 6) is -1.51. The summed E-state index contributed by atoms with van der Waals surface area (Å²) >= 11 is 1.18. The summed E-state index contributed by atoms with van der Waals surface area (Å²) in [5.41, 5.74) is -2.79. The molecule has 0 aliphatic heterocycles. The minimum atomic E-state index is -4.77. The first-order chi connectivity index (χ1) is 8.12. The van der Waals surface area contributed by atoms with Crippen molar-refractivity contribution in [2.24, 2.45) is 0 Å². The monoisotopic (exact) mass is 381 g/mol. The molecule has 100 valence electrons. The van der Waals surface area contributed by atoms with E-state index in [1.54, 1.807) is 0 Å². The van der Waals surface area contributed by atoms with Crippen molar-refractivity contribution >= 4 is 28.6 Å². The number of aromatic nitrogens is 1. The molecule has 0 atom stereocenters. The van der Waals surface area contributed by atoms with Crippen LogP contribution in [0.1, 0.15) is 23.2 Å². The lowest BCUT2D eigenvalue weighted by molar-refractivity contribution is -0.139. The second kappa shape index (κ2) is 5.33. The summed E-state index contributed by atoms with van der Waals surface area (Å²) in [6.07, 6.45) is -8.83. The molecule has 1 aromatic rings. The number of alkyl halides is 5. The third kappa shape index (κ3) is 3.50. The normalized spacial score (nSPS) is 11.9. The minimum Gasteiger partial charge on any atom is -0.481 e. The van der Waals surface area contributed by atoms with Crippen molar-refractivity contribution < 1.29 is 31.9 Å². The lowest BCUT2D eigenvalue weighted by atomic mass is 10.1. The Hall–Kier alpha value is -1.00. The fourth-order valence-electron chi connectivity index (χ4n) is 1.24. The summed E-state index contributed by atoms with van der Waals surface area (Å²) in [7, 11) is 0. The van der Waals surface area contributed by atoms with Crippen LogP contribution in [0.4, 0.5) is 22.0 Å². The van der Waals surface area contributed by atoms with Gasteiger partial charge in [-0.2, -0.15) is 13.2 Å². The van der Waals surface area contributed by atoms with Gasteiger partial charge in [0.05, 0.1) is 12.0 Å². The first kappa shape index (κ1) is 15.1. The Morgan fingerprint density at radius 1 is 1.44 bits per heavy atom. The molecule has 0 amide bonds. The number of hydrogen-bond donors (Lipinski definition) is 1. The molecular weight excluding hydrogens is 376 g/mol. The largest absolute Gasteiger partial charge is 0.481 e. The van der Waals surface area contributed by atoms with Gasteiger partial charge in [-0.1, -0.05) is 0 Å². The van der Waals surface area contributed by atoms with Crippen molar-refractivity contribution in [3.8, 4) is 0 Å². The summed E-state index contributed by atoms with van der Waals surface area (Å²) < 4.78 is 62.0. The van der Waals surface area contributed by atoms with Gasteiger partial charge in [-0.05, 0) is 34.2 Å². The van der Waals surface area contributed by atoms with Crippen LogP contribution < -0.4 is 0 Å². The van der Waals surface area contributed by atoms with Crippen LogP contribution in [0, 0.1) is 3.70 Å². The molecule has 0 saturated carbocycles. The molecule has 0 fully saturated rings. The van der Waals surface area contributed by atoms with Gasteiger partial charge >= 0.3 is 12.1 Å². The number of carbonyl (C=O) groups is 1. The zero-order valence-corrected chi connectivity index (χ0v) is 10.6. The summed E-state index contributed by atoms with van der Waals surface area (Å²) in [6, 6.07) is 0.407. The van der Waals surface area contributed by atoms with E-state index < -0.39 is 45.5 Å². The van der Waals surface area contributed by atoms with Gasteiger partial charge < -0.3 is 5.11 Å². The van der Waals surface area contributed by atoms with Crippen molar-refractivity contribution in [3.63, 3.8) is 0 Å². The van der Waals surface area contributed by atoms with E-state index in [0.29, 0.717) is 6.07 Å². The molecule has 0 radical (unpaired) electrons. The molecule has 3 nitrogen and oxygen atoms in total. The van der Waals surface area contributed by atoms with E-state index in [-0.39, 0.29) is 0 Å². The Morgan fingerprint density at radius 3 is 2.39 bits per heavy atom. The van der Waals surface area contributed by atoms with Crippen LogP contribution in [0.5, 0.6) is 0 Å². The van der Waals surface area contributed by atoms with Crippen LogP contribution in [0.25, 0.3) is 0 Å². The predicted molar refractivity (Wildman–Crippen MR) is 58.3 cm³/mol. The van der Waals surface area contributed by atoms with E-state index in [9.17, 15) is 26.7 Å². The molecular formula is C9H5F5INO2. The summed E-state index contributed by atoms with van der Waals surface area (Å²) in [4.78, 5) is 13.6. The highest BCUT2D eigenvalue weighted by atomic mass is 127. The molecule has 0 aromatic carbocycles. The standard InChI is InChI=1S/C9H5F5INO2/c10-7(11)6-3(2-5(17)18)1-4(8(15)16-6)9(12,13)14/h1,7H,2H2,(H,17,18). The molecule has 1 N–H and O–H groups in total. The first-order valence-electron chi connectivity index (χ1n) is 4.39.